The molecule has 0 aliphatic carbocycles. The average molecular weight is 255 g/mol. The summed E-state index contributed by atoms with van der Waals surface area (Å²) in [5.74, 6) is -0.0901. The molecule has 0 atom stereocenters. The van der Waals surface area contributed by atoms with E-state index < -0.39 is 5.60 Å². The van der Waals surface area contributed by atoms with Crippen molar-refractivity contribution in [3.8, 4) is 0 Å². The molecule has 1 aromatic rings. The van der Waals surface area contributed by atoms with Crippen LogP contribution in [0.15, 0.2) is 24.3 Å². The first kappa shape index (κ1) is 12.4. The summed E-state index contributed by atoms with van der Waals surface area (Å²) in [5, 5.41) is 16.1. The minimum absolute atomic E-state index is 0.0901. The van der Waals surface area contributed by atoms with Crippen LogP contribution in [0.5, 0.6) is 0 Å². The topological polar surface area (TPSA) is 61.4 Å². The average Bonchev–Trinajstić information content (AvgIpc) is 2.27. The second-order valence-corrected chi connectivity index (χ2v) is 4.84. The summed E-state index contributed by atoms with van der Waals surface area (Å²) in [7, 11) is 0. The van der Waals surface area contributed by atoms with Gasteiger partial charge in [0.2, 0.25) is 5.91 Å². The van der Waals surface area contributed by atoms with Crippen LogP contribution in [0, 0.1) is 0 Å². The number of aliphatic hydroxyl groups is 1. The second-order valence-electron chi connectivity index (χ2n) is 4.41. The maximum Gasteiger partial charge on any atom is 0.224 e. The smallest absolute Gasteiger partial charge is 0.224 e. The lowest BCUT2D eigenvalue weighted by molar-refractivity contribution is -0.122. The third kappa shape index (κ3) is 3.43. The van der Waals surface area contributed by atoms with Gasteiger partial charge in [-0.15, -0.1) is 0 Å². The van der Waals surface area contributed by atoms with Gasteiger partial charge in [-0.05, 0) is 17.7 Å². The van der Waals surface area contributed by atoms with Crippen LogP contribution in [0.1, 0.15) is 5.56 Å². The van der Waals surface area contributed by atoms with Crippen LogP contribution in [-0.4, -0.2) is 36.2 Å². The molecule has 17 heavy (non-hydrogen) atoms. The molecule has 0 spiro atoms. The van der Waals surface area contributed by atoms with Gasteiger partial charge in [-0.1, -0.05) is 23.7 Å². The van der Waals surface area contributed by atoms with E-state index in [9.17, 15) is 9.90 Å². The predicted octanol–water partition coefficient (Wildman–Crippen LogP) is 0.333. The lowest BCUT2D eigenvalue weighted by Gasteiger charge is -2.37. The van der Waals surface area contributed by atoms with E-state index in [1.807, 2.05) is 12.1 Å². The highest BCUT2D eigenvalue weighted by atomic mass is 35.5. The molecule has 3 N–H and O–H groups in total. The zero-order chi connectivity index (χ0) is 12.3. The van der Waals surface area contributed by atoms with Crippen LogP contribution < -0.4 is 10.6 Å². The molecule has 1 amide bonds. The van der Waals surface area contributed by atoms with Gasteiger partial charge in [-0.25, -0.2) is 0 Å². The summed E-state index contributed by atoms with van der Waals surface area (Å²) < 4.78 is 0. The third-order valence-electron chi connectivity index (χ3n) is 2.80. The lowest BCUT2D eigenvalue weighted by atomic mass is 9.97. The highest BCUT2D eigenvalue weighted by Crippen LogP contribution is 2.11. The Balaban J connectivity index is 1.79. The van der Waals surface area contributed by atoms with E-state index in [0.717, 1.165) is 5.56 Å². The number of hydrogen-bond acceptors (Lipinski definition) is 3. The monoisotopic (exact) mass is 254 g/mol. The Morgan fingerprint density at radius 3 is 2.59 bits per heavy atom. The molecule has 2 rings (SSSR count). The Morgan fingerprint density at radius 1 is 1.41 bits per heavy atom. The Bertz CT molecular complexity index is 401. The third-order valence-corrected chi connectivity index (χ3v) is 3.05. The Kier molecular flexibility index (Phi) is 3.66. The molecule has 0 bridgehead atoms. The number of nitrogens with one attached hydrogen (secondary N) is 2. The van der Waals surface area contributed by atoms with E-state index in [1.54, 1.807) is 12.1 Å². The van der Waals surface area contributed by atoms with E-state index in [2.05, 4.69) is 10.6 Å². The standard InChI is InChI=1S/C12H15ClN2O2/c13-10-3-1-9(2-4-10)5-11(16)15-8-12(17)6-14-7-12/h1-4,14,17H,5-8H2,(H,15,16). The number of carbonyl (C=O) groups excluding carboxylic acids is 1. The van der Waals surface area contributed by atoms with E-state index in [0.29, 0.717) is 31.1 Å². The molecular formula is C12H15ClN2O2. The largest absolute Gasteiger partial charge is 0.385 e. The van der Waals surface area contributed by atoms with Crippen molar-refractivity contribution in [2.75, 3.05) is 19.6 Å². The lowest BCUT2D eigenvalue weighted by Crippen LogP contribution is -2.64. The van der Waals surface area contributed by atoms with Gasteiger partial charge < -0.3 is 15.7 Å². The molecule has 1 fully saturated rings. The van der Waals surface area contributed by atoms with Gasteiger partial charge in [0.05, 0.1) is 6.42 Å². The second kappa shape index (κ2) is 5.04. The van der Waals surface area contributed by atoms with E-state index in [-0.39, 0.29) is 5.91 Å². The first-order valence-corrected chi connectivity index (χ1v) is 5.89. The van der Waals surface area contributed by atoms with Crippen LogP contribution in [-0.2, 0) is 11.2 Å². The molecule has 1 saturated heterocycles. The molecule has 1 heterocycles. The van der Waals surface area contributed by atoms with Gasteiger partial charge in [-0.2, -0.15) is 0 Å². The van der Waals surface area contributed by atoms with Crippen molar-refractivity contribution in [3.63, 3.8) is 0 Å². The zero-order valence-corrected chi connectivity index (χ0v) is 10.1. The molecule has 92 valence electrons. The summed E-state index contributed by atoms with van der Waals surface area (Å²) in [5.41, 5.74) is 0.140. The minimum atomic E-state index is -0.768. The van der Waals surface area contributed by atoms with Crippen LogP contribution in [0.4, 0.5) is 0 Å². The van der Waals surface area contributed by atoms with Crippen molar-refractivity contribution in [2.45, 2.75) is 12.0 Å². The highest BCUT2D eigenvalue weighted by Gasteiger charge is 2.34. The van der Waals surface area contributed by atoms with Crippen LogP contribution in [0.2, 0.25) is 5.02 Å². The summed E-state index contributed by atoms with van der Waals surface area (Å²) in [6.07, 6.45) is 0.306. The van der Waals surface area contributed by atoms with Crippen molar-refractivity contribution in [3.05, 3.63) is 34.9 Å². The molecule has 0 unspecified atom stereocenters. The Hall–Kier alpha value is -1.10. The fourth-order valence-corrected chi connectivity index (χ4v) is 1.78. The number of rotatable bonds is 4. The van der Waals surface area contributed by atoms with Crippen LogP contribution in [0.25, 0.3) is 0 Å². The fraction of sp³-hybridized carbons (Fsp3) is 0.417. The van der Waals surface area contributed by atoms with Crippen molar-refractivity contribution >= 4 is 17.5 Å². The van der Waals surface area contributed by atoms with Crippen LogP contribution in [0.3, 0.4) is 0 Å². The molecule has 1 aliphatic rings. The molecule has 5 heteroatoms. The van der Waals surface area contributed by atoms with Gasteiger partial charge in [0.1, 0.15) is 5.60 Å². The molecule has 1 aliphatic heterocycles. The molecule has 0 saturated carbocycles. The summed E-state index contributed by atoms with van der Waals surface area (Å²) in [6, 6.07) is 7.16. The molecule has 4 nitrogen and oxygen atoms in total. The van der Waals surface area contributed by atoms with E-state index in [1.165, 1.54) is 0 Å². The zero-order valence-electron chi connectivity index (χ0n) is 9.37. The van der Waals surface area contributed by atoms with Gasteiger partial charge in [0.15, 0.2) is 0 Å². The maximum absolute atomic E-state index is 11.6. The number of hydrogen-bond donors (Lipinski definition) is 3. The van der Waals surface area contributed by atoms with Crippen LogP contribution >= 0.6 is 11.6 Å². The number of β-amino-alcohol motifs (C(OH)–C–C–N with tert-alkyl or cyclic N) is 1. The number of benzene rings is 1. The number of halogens is 1. The molecular weight excluding hydrogens is 240 g/mol. The quantitative estimate of drug-likeness (QED) is 0.726. The van der Waals surface area contributed by atoms with Crippen molar-refractivity contribution in [1.29, 1.82) is 0 Å². The Morgan fingerprint density at radius 2 is 2.06 bits per heavy atom. The number of amides is 1. The molecule has 0 radical (unpaired) electrons. The van der Waals surface area contributed by atoms with Gasteiger partial charge in [0, 0.05) is 24.7 Å². The van der Waals surface area contributed by atoms with Crippen molar-refractivity contribution < 1.29 is 9.90 Å². The van der Waals surface area contributed by atoms with Crippen molar-refractivity contribution in [1.82, 2.24) is 10.6 Å². The SMILES string of the molecule is O=C(Cc1ccc(Cl)cc1)NCC1(O)CNC1. The Labute approximate surface area is 105 Å². The van der Waals surface area contributed by atoms with Gasteiger partial charge >= 0.3 is 0 Å². The number of carbonyl (C=O) groups is 1. The molecule has 0 aromatic heterocycles. The first-order chi connectivity index (χ1) is 8.07. The van der Waals surface area contributed by atoms with E-state index >= 15 is 0 Å². The van der Waals surface area contributed by atoms with Gasteiger partial charge in [-0.3, -0.25) is 4.79 Å². The predicted molar refractivity (Wildman–Crippen MR) is 66.0 cm³/mol. The fourth-order valence-electron chi connectivity index (χ4n) is 1.65. The summed E-state index contributed by atoms with van der Waals surface area (Å²) in [6.45, 7) is 1.37. The minimum Gasteiger partial charge on any atom is -0.385 e. The maximum atomic E-state index is 11.6. The van der Waals surface area contributed by atoms with E-state index in [4.69, 9.17) is 11.6 Å². The normalized spacial score (nSPS) is 17.3. The summed E-state index contributed by atoms with van der Waals surface area (Å²) in [4.78, 5) is 11.6. The highest BCUT2D eigenvalue weighted by molar-refractivity contribution is 6.30. The van der Waals surface area contributed by atoms with Crippen molar-refractivity contribution in [2.24, 2.45) is 0 Å². The first-order valence-electron chi connectivity index (χ1n) is 5.52. The summed E-state index contributed by atoms with van der Waals surface area (Å²) >= 11 is 5.76. The molecule has 1 aromatic carbocycles. The van der Waals surface area contributed by atoms with Gasteiger partial charge in [0.25, 0.3) is 0 Å².